The molecule has 9 heteroatoms. The molecule has 0 fully saturated rings. The maximum atomic E-state index is 12.2. The van der Waals surface area contributed by atoms with Crippen LogP contribution in [-0.2, 0) is 19.1 Å². The second-order valence-corrected chi connectivity index (χ2v) is 6.30. The van der Waals surface area contributed by atoms with Gasteiger partial charge in [-0.3, -0.25) is 14.4 Å². The van der Waals surface area contributed by atoms with E-state index < -0.39 is 11.9 Å². The predicted octanol–water partition coefficient (Wildman–Crippen LogP) is 1.61. The van der Waals surface area contributed by atoms with Crippen LogP contribution in [0.5, 0.6) is 0 Å². The van der Waals surface area contributed by atoms with Crippen LogP contribution in [0, 0.1) is 0 Å². The lowest BCUT2D eigenvalue weighted by Crippen LogP contribution is -2.35. The average molecular weight is 395 g/mol. The highest BCUT2D eigenvalue weighted by Crippen LogP contribution is 2.15. The van der Waals surface area contributed by atoms with E-state index in [9.17, 15) is 14.4 Å². The van der Waals surface area contributed by atoms with E-state index in [1.54, 1.807) is 24.3 Å². The lowest BCUT2D eigenvalue weighted by Gasteiger charge is -2.14. The number of hydrogen-bond donors (Lipinski definition) is 3. The summed E-state index contributed by atoms with van der Waals surface area (Å²) < 4.78 is 9.63. The monoisotopic (exact) mass is 395 g/mol. The number of nitrogens with one attached hydrogen (secondary N) is 3. The predicted molar refractivity (Wildman–Crippen MR) is 105 cm³/mol. The summed E-state index contributed by atoms with van der Waals surface area (Å²) in [5.74, 6) is -1.17. The van der Waals surface area contributed by atoms with Crippen molar-refractivity contribution >= 4 is 40.8 Å². The average Bonchev–Trinajstić information content (AvgIpc) is 2.60. The molecule has 2 amide bonds. The first-order valence-electron chi connectivity index (χ1n) is 8.48. The van der Waals surface area contributed by atoms with Crippen LogP contribution < -0.4 is 16.0 Å². The lowest BCUT2D eigenvalue weighted by atomic mass is 10.1. The van der Waals surface area contributed by atoms with Crippen LogP contribution in [0.15, 0.2) is 24.3 Å². The molecule has 0 aliphatic carbocycles. The van der Waals surface area contributed by atoms with Crippen LogP contribution in [0.2, 0.25) is 0 Å². The van der Waals surface area contributed by atoms with Crippen molar-refractivity contribution in [3.05, 3.63) is 29.8 Å². The zero-order chi connectivity index (χ0) is 20.2. The third-order valence-electron chi connectivity index (χ3n) is 3.20. The van der Waals surface area contributed by atoms with Gasteiger partial charge in [0.2, 0.25) is 5.91 Å². The fourth-order valence-electron chi connectivity index (χ4n) is 2.00. The molecular formula is C18H25N3O5S. The Morgan fingerprint density at radius 2 is 1.81 bits per heavy atom. The molecule has 3 N–H and O–H groups in total. The Kier molecular flexibility index (Phi) is 9.99. The van der Waals surface area contributed by atoms with Crippen molar-refractivity contribution in [1.82, 2.24) is 10.6 Å². The number of para-hydroxylation sites is 1. The number of hydrogen-bond acceptors (Lipinski definition) is 6. The van der Waals surface area contributed by atoms with Gasteiger partial charge in [0.05, 0.1) is 24.3 Å². The molecule has 0 bridgehead atoms. The summed E-state index contributed by atoms with van der Waals surface area (Å²) in [6.45, 7) is 4.17. The summed E-state index contributed by atoms with van der Waals surface area (Å²) in [5.41, 5.74) is 0.879. The van der Waals surface area contributed by atoms with E-state index in [1.165, 1.54) is 7.11 Å². The van der Waals surface area contributed by atoms with Gasteiger partial charge in [-0.1, -0.05) is 12.1 Å². The standard InChI is InChI=1S/C18H25N3O5S/c1-12(2)19-17(24)13-6-4-5-7-14(13)20-18(27)21-15(22)8-9-16(23)26-11-10-25-3/h4-7,12H,8-11H2,1-3H3,(H,19,24)(H2,20,21,22,27). The molecule has 0 aromatic heterocycles. The van der Waals surface area contributed by atoms with Crippen LogP contribution in [-0.4, -0.2) is 49.3 Å². The third kappa shape index (κ3) is 9.11. The summed E-state index contributed by atoms with van der Waals surface area (Å²) in [5, 5.41) is 8.14. The molecule has 27 heavy (non-hydrogen) atoms. The van der Waals surface area contributed by atoms with E-state index in [1.807, 2.05) is 13.8 Å². The van der Waals surface area contributed by atoms with Crippen LogP contribution >= 0.6 is 12.2 Å². The second kappa shape index (κ2) is 12.0. The maximum Gasteiger partial charge on any atom is 0.306 e. The highest BCUT2D eigenvalue weighted by Gasteiger charge is 2.14. The summed E-state index contributed by atoms with van der Waals surface area (Å²) in [6.07, 6.45) is -0.130. The number of carbonyl (C=O) groups is 3. The molecule has 1 rings (SSSR count). The van der Waals surface area contributed by atoms with Crippen LogP contribution in [0.4, 0.5) is 5.69 Å². The van der Waals surface area contributed by atoms with Gasteiger partial charge in [-0.25, -0.2) is 0 Å². The lowest BCUT2D eigenvalue weighted by molar-refractivity contribution is -0.146. The highest BCUT2D eigenvalue weighted by atomic mass is 32.1. The fourth-order valence-corrected chi connectivity index (χ4v) is 2.22. The number of anilines is 1. The van der Waals surface area contributed by atoms with E-state index in [-0.39, 0.29) is 36.5 Å². The van der Waals surface area contributed by atoms with Crippen LogP contribution in [0.25, 0.3) is 0 Å². The number of esters is 1. The number of rotatable bonds is 9. The second-order valence-electron chi connectivity index (χ2n) is 5.89. The first kappa shape index (κ1) is 22.5. The van der Waals surface area contributed by atoms with E-state index in [4.69, 9.17) is 21.7 Å². The Labute approximate surface area is 164 Å². The largest absolute Gasteiger partial charge is 0.463 e. The first-order chi connectivity index (χ1) is 12.8. The van der Waals surface area contributed by atoms with Crippen molar-refractivity contribution in [1.29, 1.82) is 0 Å². The van der Waals surface area contributed by atoms with E-state index in [2.05, 4.69) is 16.0 Å². The van der Waals surface area contributed by atoms with Gasteiger partial charge in [-0.2, -0.15) is 0 Å². The van der Waals surface area contributed by atoms with E-state index in [0.717, 1.165) is 0 Å². The SMILES string of the molecule is COCCOC(=O)CCC(=O)NC(=S)Nc1ccccc1C(=O)NC(C)C. The van der Waals surface area contributed by atoms with Crippen molar-refractivity contribution in [3.8, 4) is 0 Å². The minimum atomic E-state index is -0.489. The molecular weight excluding hydrogens is 370 g/mol. The molecule has 8 nitrogen and oxygen atoms in total. The smallest absolute Gasteiger partial charge is 0.306 e. The number of benzene rings is 1. The van der Waals surface area contributed by atoms with Crippen molar-refractivity contribution in [2.75, 3.05) is 25.6 Å². The van der Waals surface area contributed by atoms with Gasteiger partial charge in [0.15, 0.2) is 5.11 Å². The zero-order valence-corrected chi connectivity index (χ0v) is 16.5. The Hall–Kier alpha value is -2.52. The fraction of sp³-hybridized carbons (Fsp3) is 0.444. The van der Waals surface area contributed by atoms with Gasteiger partial charge in [-0.15, -0.1) is 0 Å². The first-order valence-corrected chi connectivity index (χ1v) is 8.89. The van der Waals surface area contributed by atoms with Crippen LogP contribution in [0.1, 0.15) is 37.0 Å². The molecule has 0 unspecified atom stereocenters. The van der Waals surface area contributed by atoms with Crippen molar-refractivity contribution < 1.29 is 23.9 Å². The maximum absolute atomic E-state index is 12.2. The molecule has 0 spiro atoms. The molecule has 1 aromatic carbocycles. The molecule has 148 valence electrons. The van der Waals surface area contributed by atoms with E-state index >= 15 is 0 Å². The Morgan fingerprint density at radius 3 is 2.48 bits per heavy atom. The Bertz CT molecular complexity index is 679. The number of carbonyl (C=O) groups excluding carboxylic acids is 3. The minimum absolute atomic E-state index is 0.0131. The number of amides is 2. The Balaban J connectivity index is 2.51. The van der Waals surface area contributed by atoms with Gasteiger partial charge in [0, 0.05) is 19.6 Å². The van der Waals surface area contributed by atoms with Gasteiger partial charge >= 0.3 is 5.97 Å². The minimum Gasteiger partial charge on any atom is -0.463 e. The normalized spacial score (nSPS) is 10.2. The summed E-state index contributed by atoms with van der Waals surface area (Å²) in [7, 11) is 1.50. The zero-order valence-electron chi connectivity index (χ0n) is 15.7. The molecule has 0 heterocycles. The van der Waals surface area contributed by atoms with E-state index in [0.29, 0.717) is 17.9 Å². The van der Waals surface area contributed by atoms with Crippen molar-refractivity contribution in [2.45, 2.75) is 32.7 Å². The van der Waals surface area contributed by atoms with Crippen LogP contribution in [0.3, 0.4) is 0 Å². The van der Waals surface area contributed by atoms with Crippen molar-refractivity contribution in [3.63, 3.8) is 0 Å². The highest BCUT2D eigenvalue weighted by molar-refractivity contribution is 7.80. The van der Waals surface area contributed by atoms with Gasteiger partial charge in [-0.05, 0) is 38.2 Å². The van der Waals surface area contributed by atoms with Crippen molar-refractivity contribution in [2.24, 2.45) is 0 Å². The molecule has 0 aliphatic heterocycles. The summed E-state index contributed by atoms with van der Waals surface area (Å²) in [6, 6.07) is 6.80. The molecule has 0 aliphatic rings. The number of thiocarbonyl (C=S) groups is 1. The quantitative estimate of drug-likeness (QED) is 0.331. The van der Waals surface area contributed by atoms with Gasteiger partial charge < -0.3 is 25.4 Å². The summed E-state index contributed by atoms with van der Waals surface area (Å²) >= 11 is 5.10. The topological polar surface area (TPSA) is 106 Å². The third-order valence-corrected chi connectivity index (χ3v) is 3.40. The number of ether oxygens (including phenoxy) is 2. The molecule has 0 radical (unpaired) electrons. The Morgan fingerprint density at radius 1 is 1.11 bits per heavy atom. The summed E-state index contributed by atoms with van der Waals surface area (Å²) in [4.78, 5) is 35.6. The van der Waals surface area contributed by atoms with Gasteiger partial charge in [0.1, 0.15) is 6.61 Å². The van der Waals surface area contributed by atoms with Gasteiger partial charge in [0.25, 0.3) is 5.91 Å². The molecule has 0 saturated carbocycles. The number of methoxy groups -OCH3 is 1. The molecule has 0 saturated heterocycles. The molecule has 1 aromatic rings. The molecule has 0 atom stereocenters.